The molecule has 1 rings (SSSR count). The molecule has 0 aromatic carbocycles. The summed E-state index contributed by atoms with van der Waals surface area (Å²) in [6.07, 6.45) is 3.90. The number of aryl methyl sites for hydroxylation is 1. The van der Waals surface area contributed by atoms with E-state index in [0.717, 1.165) is 18.5 Å². The van der Waals surface area contributed by atoms with Gasteiger partial charge in [0.15, 0.2) is 0 Å². The lowest BCUT2D eigenvalue weighted by atomic mass is 10.2. The van der Waals surface area contributed by atoms with Gasteiger partial charge in [-0.1, -0.05) is 0 Å². The Morgan fingerprint density at radius 2 is 2.08 bits per heavy atom. The van der Waals surface area contributed by atoms with Gasteiger partial charge in [0.1, 0.15) is 0 Å². The van der Waals surface area contributed by atoms with E-state index in [1.807, 2.05) is 23.0 Å². The molecule has 0 aliphatic heterocycles. The average molecular weight is 183 g/mol. The van der Waals surface area contributed by atoms with Crippen molar-refractivity contribution < 1.29 is 10.2 Å². The summed E-state index contributed by atoms with van der Waals surface area (Å²) in [5, 5.41) is 18.3. The van der Waals surface area contributed by atoms with Gasteiger partial charge in [-0.3, -0.25) is 0 Å². The molecule has 1 heterocycles. The van der Waals surface area contributed by atoms with E-state index in [-0.39, 0.29) is 6.10 Å². The molecule has 0 bridgehead atoms. The highest BCUT2D eigenvalue weighted by atomic mass is 16.3. The monoisotopic (exact) mass is 183 g/mol. The summed E-state index contributed by atoms with van der Waals surface area (Å²) >= 11 is 0. The molecule has 3 heteroatoms. The van der Waals surface area contributed by atoms with Gasteiger partial charge in [0, 0.05) is 18.9 Å². The molecule has 0 spiro atoms. The largest absolute Gasteiger partial charge is 0.393 e. The number of hydrogen-bond donors (Lipinski definition) is 2. The van der Waals surface area contributed by atoms with Crippen LogP contribution >= 0.6 is 0 Å². The summed E-state index contributed by atoms with van der Waals surface area (Å²) in [5.41, 5.74) is 0.922. The Hall–Kier alpha value is -0.800. The molecule has 0 aliphatic carbocycles. The van der Waals surface area contributed by atoms with E-state index in [4.69, 9.17) is 5.11 Å². The molecule has 0 saturated carbocycles. The molecule has 3 nitrogen and oxygen atoms in total. The zero-order chi connectivity index (χ0) is 9.84. The van der Waals surface area contributed by atoms with Gasteiger partial charge in [-0.2, -0.15) is 0 Å². The van der Waals surface area contributed by atoms with Gasteiger partial charge in [0.25, 0.3) is 0 Å². The van der Waals surface area contributed by atoms with Crippen molar-refractivity contribution in [2.75, 3.05) is 0 Å². The van der Waals surface area contributed by atoms with Gasteiger partial charge in [0.05, 0.1) is 12.2 Å². The van der Waals surface area contributed by atoms with Gasteiger partial charge in [-0.05, 0) is 31.9 Å². The van der Waals surface area contributed by atoms with E-state index in [0.29, 0.717) is 0 Å². The maximum absolute atomic E-state index is 9.25. The Morgan fingerprint density at radius 3 is 2.54 bits per heavy atom. The van der Waals surface area contributed by atoms with Gasteiger partial charge in [-0.25, -0.2) is 0 Å². The fourth-order valence-electron chi connectivity index (χ4n) is 1.18. The topological polar surface area (TPSA) is 45.4 Å². The second-order valence-corrected chi connectivity index (χ2v) is 3.50. The summed E-state index contributed by atoms with van der Waals surface area (Å²) in [7, 11) is 0. The normalized spacial score (nSPS) is 15.7. The predicted octanol–water partition coefficient (Wildman–Crippen LogP) is 1.31. The van der Waals surface area contributed by atoms with E-state index in [9.17, 15) is 5.11 Å². The number of rotatable bonds is 4. The molecule has 2 atom stereocenters. The van der Waals surface area contributed by atoms with E-state index in [2.05, 4.69) is 0 Å². The molecule has 0 fully saturated rings. The average Bonchev–Trinajstić information content (AvgIpc) is 2.48. The van der Waals surface area contributed by atoms with Gasteiger partial charge >= 0.3 is 0 Å². The minimum absolute atomic E-state index is 0.266. The van der Waals surface area contributed by atoms with Crippen LogP contribution in [0.2, 0.25) is 0 Å². The molecule has 0 saturated heterocycles. The van der Waals surface area contributed by atoms with Crippen LogP contribution in [0.4, 0.5) is 0 Å². The third-order valence-corrected chi connectivity index (χ3v) is 2.06. The number of aromatic nitrogens is 1. The highest BCUT2D eigenvalue weighted by Gasteiger charge is 2.03. The zero-order valence-corrected chi connectivity index (χ0v) is 8.14. The lowest BCUT2D eigenvalue weighted by Gasteiger charge is -2.05. The molecular formula is C10H17NO2. The van der Waals surface area contributed by atoms with Crippen molar-refractivity contribution in [2.45, 2.75) is 39.0 Å². The highest BCUT2D eigenvalue weighted by Crippen LogP contribution is 2.12. The van der Waals surface area contributed by atoms with Crippen molar-refractivity contribution in [3.63, 3.8) is 0 Å². The lowest BCUT2D eigenvalue weighted by Crippen LogP contribution is -2.05. The van der Waals surface area contributed by atoms with Crippen molar-refractivity contribution in [2.24, 2.45) is 0 Å². The highest BCUT2D eigenvalue weighted by molar-refractivity contribution is 5.12. The van der Waals surface area contributed by atoms with Crippen LogP contribution in [0.5, 0.6) is 0 Å². The number of nitrogens with zero attached hydrogens (tertiary/aromatic N) is 1. The second-order valence-electron chi connectivity index (χ2n) is 3.50. The molecule has 1 aromatic heterocycles. The van der Waals surface area contributed by atoms with E-state index in [1.54, 1.807) is 13.8 Å². The van der Waals surface area contributed by atoms with E-state index >= 15 is 0 Å². The van der Waals surface area contributed by atoms with Crippen molar-refractivity contribution in [3.05, 3.63) is 24.0 Å². The second kappa shape index (κ2) is 4.44. The molecule has 2 N–H and O–H groups in total. The Kier molecular flexibility index (Phi) is 3.51. The van der Waals surface area contributed by atoms with Crippen molar-refractivity contribution in [1.29, 1.82) is 0 Å². The smallest absolute Gasteiger partial charge is 0.0776 e. The molecule has 2 unspecified atom stereocenters. The van der Waals surface area contributed by atoms with E-state index < -0.39 is 6.10 Å². The van der Waals surface area contributed by atoms with Crippen LogP contribution in [0.15, 0.2) is 18.5 Å². The minimum Gasteiger partial charge on any atom is -0.393 e. The van der Waals surface area contributed by atoms with Crippen LogP contribution in [-0.4, -0.2) is 20.9 Å². The van der Waals surface area contributed by atoms with Crippen LogP contribution in [0.1, 0.15) is 31.9 Å². The quantitative estimate of drug-likeness (QED) is 0.739. The molecule has 0 aliphatic rings. The summed E-state index contributed by atoms with van der Waals surface area (Å²) in [6.45, 7) is 4.32. The molecule has 13 heavy (non-hydrogen) atoms. The van der Waals surface area contributed by atoms with Crippen LogP contribution in [0, 0.1) is 0 Å². The van der Waals surface area contributed by atoms with Crippen LogP contribution in [0.3, 0.4) is 0 Å². The predicted molar refractivity (Wildman–Crippen MR) is 51.4 cm³/mol. The number of aliphatic hydroxyl groups is 2. The van der Waals surface area contributed by atoms with Crippen molar-refractivity contribution in [1.82, 2.24) is 4.57 Å². The SMILES string of the molecule is CC(O)CCn1ccc(C(C)O)c1. The third-order valence-electron chi connectivity index (χ3n) is 2.06. The van der Waals surface area contributed by atoms with E-state index in [1.165, 1.54) is 0 Å². The zero-order valence-electron chi connectivity index (χ0n) is 8.14. The molecule has 0 radical (unpaired) electrons. The first-order valence-corrected chi connectivity index (χ1v) is 4.61. The maximum atomic E-state index is 9.25. The first kappa shape index (κ1) is 10.3. The lowest BCUT2D eigenvalue weighted by molar-refractivity contribution is 0.178. The minimum atomic E-state index is -0.409. The maximum Gasteiger partial charge on any atom is 0.0776 e. The molecule has 1 aromatic rings. The Bertz CT molecular complexity index is 253. The number of hydrogen-bond acceptors (Lipinski definition) is 2. The Labute approximate surface area is 78.6 Å². The molecule has 0 amide bonds. The summed E-state index contributed by atoms with van der Waals surface area (Å²) < 4.78 is 1.98. The third kappa shape index (κ3) is 3.20. The van der Waals surface area contributed by atoms with Crippen LogP contribution in [-0.2, 0) is 6.54 Å². The number of aliphatic hydroxyl groups excluding tert-OH is 2. The Morgan fingerprint density at radius 1 is 1.38 bits per heavy atom. The molecule has 74 valence electrons. The summed E-state index contributed by atoms with van der Waals surface area (Å²) in [4.78, 5) is 0. The molecular weight excluding hydrogens is 166 g/mol. The first-order valence-electron chi connectivity index (χ1n) is 4.61. The first-order chi connectivity index (χ1) is 6.09. The fourth-order valence-corrected chi connectivity index (χ4v) is 1.18. The fraction of sp³-hybridized carbons (Fsp3) is 0.600. The standard InChI is InChI=1S/C10H17NO2/c1-8(12)3-5-11-6-4-10(7-11)9(2)13/h4,6-9,12-13H,3,5H2,1-2H3. The van der Waals surface area contributed by atoms with Crippen molar-refractivity contribution >= 4 is 0 Å². The van der Waals surface area contributed by atoms with Crippen LogP contribution < -0.4 is 0 Å². The van der Waals surface area contributed by atoms with Gasteiger partial charge in [0.2, 0.25) is 0 Å². The van der Waals surface area contributed by atoms with Crippen molar-refractivity contribution in [3.8, 4) is 0 Å². The van der Waals surface area contributed by atoms with Crippen LogP contribution in [0.25, 0.3) is 0 Å². The Balaban J connectivity index is 2.49. The van der Waals surface area contributed by atoms with Gasteiger partial charge in [-0.15, -0.1) is 0 Å². The summed E-state index contributed by atoms with van der Waals surface area (Å²) in [5.74, 6) is 0. The summed E-state index contributed by atoms with van der Waals surface area (Å²) in [6, 6.07) is 1.90. The van der Waals surface area contributed by atoms with Gasteiger partial charge < -0.3 is 14.8 Å².